The van der Waals surface area contributed by atoms with Crippen molar-refractivity contribution in [2.75, 3.05) is 6.54 Å². The molecule has 4 aromatic rings. The third kappa shape index (κ3) is 3.05. The molecular formula is C21H18N4O3. The molecule has 0 spiro atoms. The molecule has 1 aliphatic heterocycles. The van der Waals surface area contributed by atoms with Gasteiger partial charge in [0, 0.05) is 42.5 Å². The second-order valence-corrected chi connectivity index (χ2v) is 7.07. The monoisotopic (exact) mass is 374 g/mol. The molecule has 7 heteroatoms. The Hall–Kier alpha value is -3.45. The van der Waals surface area contributed by atoms with Gasteiger partial charge in [-0.25, -0.2) is 4.79 Å². The van der Waals surface area contributed by atoms with Crippen molar-refractivity contribution in [2.24, 2.45) is 0 Å². The van der Waals surface area contributed by atoms with Crippen molar-refractivity contribution in [3.63, 3.8) is 0 Å². The minimum atomic E-state index is -0.467. The van der Waals surface area contributed by atoms with Gasteiger partial charge < -0.3 is 9.51 Å². The van der Waals surface area contributed by atoms with Crippen LogP contribution in [0, 0.1) is 0 Å². The Morgan fingerprint density at radius 1 is 1.04 bits per heavy atom. The molecule has 140 valence electrons. The van der Waals surface area contributed by atoms with E-state index in [-0.39, 0.29) is 5.56 Å². The van der Waals surface area contributed by atoms with Crippen LogP contribution in [0.3, 0.4) is 0 Å². The van der Waals surface area contributed by atoms with E-state index in [1.165, 1.54) is 5.39 Å². The highest BCUT2D eigenvalue weighted by atomic mass is 16.5. The van der Waals surface area contributed by atoms with Crippen molar-refractivity contribution in [1.29, 1.82) is 0 Å². The van der Waals surface area contributed by atoms with Gasteiger partial charge in [-0.15, -0.1) is 0 Å². The van der Waals surface area contributed by atoms with Gasteiger partial charge in [0.05, 0.1) is 5.69 Å². The van der Waals surface area contributed by atoms with Crippen LogP contribution in [0.2, 0.25) is 0 Å². The number of hydrogen-bond donors (Lipinski definition) is 2. The molecule has 0 bridgehead atoms. The normalized spacial score (nSPS) is 14.3. The van der Waals surface area contributed by atoms with Gasteiger partial charge in [-0.05, 0) is 23.3 Å². The van der Waals surface area contributed by atoms with E-state index in [9.17, 15) is 9.59 Å². The van der Waals surface area contributed by atoms with Crippen molar-refractivity contribution in [1.82, 2.24) is 20.0 Å². The van der Waals surface area contributed by atoms with Gasteiger partial charge >= 0.3 is 5.69 Å². The molecule has 0 saturated carbocycles. The summed E-state index contributed by atoms with van der Waals surface area (Å²) in [5.41, 5.74) is 2.38. The van der Waals surface area contributed by atoms with E-state index < -0.39 is 5.69 Å². The lowest BCUT2D eigenvalue weighted by Crippen LogP contribution is -2.38. The molecule has 1 aliphatic rings. The van der Waals surface area contributed by atoms with Gasteiger partial charge in [0.25, 0.3) is 5.56 Å². The maximum Gasteiger partial charge on any atom is 0.325 e. The Morgan fingerprint density at radius 3 is 2.79 bits per heavy atom. The Bertz CT molecular complexity index is 1280. The molecule has 2 aromatic heterocycles. The second kappa shape index (κ2) is 6.61. The fraction of sp³-hybridized carbons (Fsp3) is 0.190. The molecule has 0 fully saturated rings. The van der Waals surface area contributed by atoms with Crippen LogP contribution in [0.25, 0.3) is 22.1 Å². The molecule has 28 heavy (non-hydrogen) atoms. The molecule has 0 unspecified atom stereocenters. The summed E-state index contributed by atoms with van der Waals surface area (Å²) in [4.78, 5) is 30.6. The molecule has 3 heterocycles. The Labute approximate surface area is 159 Å². The number of H-pyrrole nitrogens is 2. The second-order valence-electron chi connectivity index (χ2n) is 7.07. The molecule has 5 rings (SSSR count). The molecule has 2 N–H and O–H groups in total. The average Bonchev–Trinajstić information content (AvgIpc) is 3.15. The van der Waals surface area contributed by atoms with E-state index in [2.05, 4.69) is 44.3 Å². The van der Waals surface area contributed by atoms with Crippen LogP contribution in [-0.2, 0) is 19.5 Å². The molecule has 0 saturated heterocycles. The predicted molar refractivity (Wildman–Crippen MR) is 105 cm³/mol. The van der Waals surface area contributed by atoms with Crippen LogP contribution in [0.5, 0.6) is 0 Å². The Morgan fingerprint density at radius 2 is 1.89 bits per heavy atom. The number of hydrogen-bond acceptors (Lipinski definition) is 5. The summed E-state index contributed by atoms with van der Waals surface area (Å²) >= 11 is 0. The number of aromatic nitrogens is 3. The highest BCUT2D eigenvalue weighted by Gasteiger charge is 2.21. The zero-order chi connectivity index (χ0) is 19.1. The van der Waals surface area contributed by atoms with E-state index in [1.54, 1.807) is 0 Å². The van der Waals surface area contributed by atoms with Crippen LogP contribution < -0.4 is 11.2 Å². The van der Waals surface area contributed by atoms with Crippen LogP contribution in [-0.4, -0.2) is 26.6 Å². The van der Waals surface area contributed by atoms with Crippen LogP contribution in [0.4, 0.5) is 0 Å². The molecule has 0 atom stereocenters. The van der Waals surface area contributed by atoms with E-state index in [4.69, 9.17) is 4.52 Å². The van der Waals surface area contributed by atoms with Crippen molar-refractivity contribution >= 4 is 10.8 Å². The maximum atomic E-state index is 11.9. The van der Waals surface area contributed by atoms with Crippen LogP contribution >= 0.6 is 0 Å². The first-order valence-corrected chi connectivity index (χ1v) is 9.17. The Balaban J connectivity index is 1.36. The molecule has 0 amide bonds. The van der Waals surface area contributed by atoms with Crippen molar-refractivity contribution in [2.45, 2.75) is 19.5 Å². The van der Waals surface area contributed by atoms with Gasteiger partial charge in [0.15, 0.2) is 5.76 Å². The number of nitrogens with one attached hydrogen (secondary N) is 2. The van der Waals surface area contributed by atoms with Gasteiger partial charge in [0.2, 0.25) is 0 Å². The van der Waals surface area contributed by atoms with Crippen molar-refractivity contribution in [3.05, 3.63) is 86.3 Å². The highest BCUT2D eigenvalue weighted by molar-refractivity contribution is 5.86. The number of nitrogens with zero attached hydrogens (tertiary/aromatic N) is 2. The van der Waals surface area contributed by atoms with Gasteiger partial charge in [0.1, 0.15) is 0 Å². The summed E-state index contributed by atoms with van der Waals surface area (Å²) in [7, 11) is 0. The van der Waals surface area contributed by atoms with E-state index in [0.29, 0.717) is 30.8 Å². The van der Waals surface area contributed by atoms with Gasteiger partial charge in [-0.2, -0.15) is 0 Å². The molecule has 0 radical (unpaired) electrons. The lowest BCUT2D eigenvalue weighted by Gasteiger charge is -2.26. The summed E-state index contributed by atoms with van der Waals surface area (Å²) in [5, 5.41) is 6.54. The first-order valence-electron chi connectivity index (χ1n) is 9.17. The maximum absolute atomic E-state index is 11.9. The summed E-state index contributed by atoms with van der Waals surface area (Å²) < 4.78 is 5.56. The third-order valence-corrected chi connectivity index (χ3v) is 5.17. The molecular weight excluding hydrogens is 356 g/mol. The minimum Gasteiger partial charge on any atom is -0.356 e. The number of benzene rings is 2. The largest absolute Gasteiger partial charge is 0.356 e. The molecule has 0 aliphatic carbocycles. The molecule has 7 nitrogen and oxygen atoms in total. The van der Waals surface area contributed by atoms with Crippen LogP contribution in [0.1, 0.15) is 17.0 Å². The summed E-state index contributed by atoms with van der Waals surface area (Å²) in [6, 6.07) is 16.3. The number of fused-ring (bicyclic) bond motifs is 2. The summed E-state index contributed by atoms with van der Waals surface area (Å²) in [6.07, 6.45) is 0.594. The van der Waals surface area contributed by atoms with Gasteiger partial charge in [-0.1, -0.05) is 41.6 Å². The fourth-order valence-electron chi connectivity index (χ4n) is 3.76. The predicted octanol–water partition coefficient (Wildman–Crippen LogP) is 2.43. The number of aromatic amines is 2. The lowest BCUT2D eigenvalue weighted by molar-refractivity contribution is 0.232. The summed E-state index contributed by atoms with van der Waals surface area (Å²) in [6.45, 7) is 1.82. The van der Waals surface area contributed by atoms with Crippen LogP contribution in [0.15, 0.2) is 62.6 Å². The standard InChI is InChI=1S/C21H18N4O3/c26-20-17-7-8-25(12-18(17)22-21(27)23-20)11-16-10-19(28-24-16)15-6-5-13-3-1-2-4-14(13)9-15/h1-6,9-10H,7-8,11-12H2,(H2,22,23,26,27). The zero-order valence-electron chi connectivity index (χ0n) is 15.1. The van der Waals surface area contributed by atoms with E-state index in [1.807, 2.05) is 24.3 Å². The smallest absolute Gasteiger partial charge is 0.325 e. The number of rotatable bonds is 3. The molecule has 2 aromatic carbocycles. The quantitative estimate of drug-likeness (QED) is 0.574. The SMILES string of the molecule is O=c1[nH]c2c(c(=O)[nH]1)CCN(Cc1cc(-c3ccc4ccccc4c3)on1)C2. The highest BCUT2D eigenvalue weighted by Crippen LogP contribution is 2.26. The fourth-order valence-corrected chi connectivity index (χ4v) is 3.76. The van der Waals surface area contributed by atoms with Crippen molar-refractivity contribution < 1.29 is 4.52 Å². The minimum absolute atomic E-state index is 0.293. The van der Waals surface area contributed by atoms with E-state index >= 15 is 0 Å². The third-order valence-electron chi connectivity index (χ3n) is 5.17. The van der Waals surface area contributed by atoms with Gasteiger partial charge in [-0.3, -0.25) is 14.7 Å². The first kappa shape index (κ1) is 16.7. The Kier molecular flexibility index (Phi) is 3.95. The first-order chi connectivity index (χ1) is 13.7. The summed E-state index contributed by atoms with van der Waals surface area (Å²) in [5.74, 6) is 0.725. The van der Waals surface area contributed by atoms with E-state index in [0.717, 1.165) is 28.9 Å². The average molecular weight is 374 g/mol. The lowest BCUT2D eigenvalue weighted by atomic mass is 10.1. The zero-order valence-corrected chi connectivity index (χ0v) is 15.1. The topological polar surface area (TPSA) is 95.0 Å². The van der Waals surface area contributed by atoms with Crippen molar-refractivity contribution in [3.8, 4) is 11.3 Å².